The van der Waals surface area contributed by atoms with Gasteiger partial charge in [0, 0.05) is 33.8 Å². The summed E-state index contributed by atoms with van der Waals surface area (Å²) in [6.45, 7) is 2.37. The number of carbonyl (C=O) groups is 1. The van der Waals surface area contributed by atoms with Gasteiger partial charge in [-0.25, -0.2) is 0 Å². The molecular formula is C24H28O4S2. The SMILES string of the molecule is COc1cc(C2OC(=O)C3CC(C4(C)SCCS4)CCC32)c(OC)c2ccccc12. The molecule has 6 heteroatoms. The molecule has 30 heavy (non-hydrogen) atoms. The average molecular weight is 445 g/mol. The van der Waals surface area contributed by atoms with Crippen molar-refractivity contribution in [3.8, 4) is 11.5 Å². The van der Waals surface area contributed by atoms with Crippen LogP contribution in [0.4, 0.5) is 0 Å². The highest BCUT2D eigenvalue weighted by Gasteiger charge is 2.52. The summed E-state index contributed by atoms with van der Waals surface area (Å²) in [5, 5.41) is 2.00. The molecule has 3 fully saturated rings. The van der Waals surface area contributed by atoms with Crippen molar-refractivity contribution < 1.29 is 19.0 Å². The molecule has 1 saturated carbocycles. The zero-order valence-corrected chi connectivity index (χ0v) is 19.3. The zero-order chi connectivity index (χ0) is 20.9. The van der Waals surface area contributed by atoms with Crippen molar-refractivity contribution in [1.29, 1.82) is 0 Å². The molecule has 2 aliphatic heterocycles. The first-order valence-electron chi connectivity index (χ1n) is 10.7. The Kier molecular flexibility index (Phi) is 5.34. The molecule has 0 N–H and O–H groups in total. The average Bonchev–Trinajstić information content (AvgIpc) is 3.36. The van der Waals surface area contributed by atoms with E-state index in [1.807, 2.05) is 30.3 Å². The summed E-state index contributed by atoms with van der Waals surface area (Å²) in [7, 11) is 3.38. The minimum Gasteiger partial charge on any atom is -0.496 e. The van der Waals surface area contributed by atoms with Gasteiger partial charge >= 0.3 is 5.97 Å². The first kappa shape index (κ1) is 20.4. The van der Waals surface area contributed by atoms with Gasteiger partial charge in [-0.1, -0.05) is 24.3 Å². The van der Waals surface area contributed by atoms with Crippen LogP contribution in [-0.2, 0) is 9.53 Å². The van der Waals surface area contributed by atoms with Crippen LogP contribution in [0.3, 0.4) is 0 Å². The zero-order valence-electron chi connectivity index (χ0n) is 17.7. The molecular weight excluding hydrogens is 416 g/mol. The van der Waals surface area contributed by atoms with E-state index in [4.69, 9.17) is 14.2 Å². The number of methoxy groups -OCH3 is 2. The molecule has 4 unspecified atom stereocenters. The summed E-state index contributed by atoms with van der Waals surface area (Å²) in [5.74, 6) is 4.72. The summed E-state index contributed by atoms with van der Waals surface area (Å²) in [4.78, 5) is 13.0. The molecule has 2 heterocycles. The maximum absolute atomic E-state index is 13.0. The van der Waals surface area contributed by atoms with Crippen molar-refractivity contribution in [3.63, 3.8) is 0 Å². The molecule has 4 nitrogen and oxygen atoms in total. The Labute approximate surface area is 186 Å². The lowest BCUT2D eigenvalue weighted by molar-refractivity contribution is -0.145. The van der Waals surface area contributed by atoms with Gasteiger partial charge in [-0.3, -0.25) is 4.79 Å². The van der Waals surface area contributed by atoms with Crippen LogP contribution in [0, 0.1) is 17.8 Å². The Morgan fingerprint density at radius 3 is 2.50 bits per heavy atom. The van der Waals surface area contributed by atoms with E-state index in [2.05, 4.69) is 30.4 Å². The van der Waals surface area contributed by atoms with E-state index in [-0.39, 0.29) is 28.0 Å². The number of ether oxygens (including phenoxy) is 3. The third kappa shape index (κ3) is 3.18. The molecule has 2 aromatic rings. The standard InChI is InChI=1S/C24H28O4S2/c1-24(29-10-11-30-24)14-8-9-17-18(12-14)23(25)28-22(17)19-13-20(26-2)15-6-4-5-7-16(15)21(19)27-3/h4-7,13-14,17-18,22H,8-12H2,1-3H3. The largest absolute Gasteiger partial charge is 0.496 e. The van der Waals surface area contributed by atoms with Crippen LogP contribution in [0.5, 0.6) is 11.5 Å². The second-order valence-electron chi connectivity index (χ2n) is 8.60. The molecule has 5 rings (SSSR count). The lowest BCUT2D eigenvalue weighted by Crippen LogP contribution is -2.35. The van der Waals surface area contributed by atoms with Gasteiger partial charge < -0.3 is 14.2 Å². The van der Waals surface area contributed by atoms with Gasteiger partial charge in [-0.05, 0) is 38.2 Å². The molecule has 0 amide bonds. The minimum absolute atomic E-state index is 0.0189. The van der Waals surface area contributed by atoms with Crippen LogP contribution in [0.15, 0.2) is 30.3 Å². The fraction of sp³-hybridized carbons (Fsp3) is 0.542. The summed E-state index contributed by atoms with van der Waals surface area (Å²) in [6, 6.07) is 10.1. The molecule has 160 valence electrons. The van der Waals surface area contributed by atoms with E-state index in [1.54, 1.807) is 14.2 Å². The molecule has 0 radical (unpaired) electrons. The highest BCUT2D eigenvalue weighted by atomic mass is 32.2. The normalized spacial score (nSPS) is 30.2. The Bertz CT molecular complexity index is 969. The predicted molar refractivity (Wildman–Crippen MR) is 124 cm³/mol. The van der Waals surface area contributed by atoms with Crippen LogP contribution >= 0.6 is 23.5 Å². The highest BCUT2D eigenvalue weighted by molar-refractivity contribution is 8.21. The molecule has 4 atom stereocenters. The summed E-state index contributed by atoms with van der Waals surface area (Å²) in [6.07, 6.45) is 2.83. The van der Waals surface area contributed by atoms with Crippen molar-refractivity contribution >= 4 is 40.3 Å². The van der Waals surface area contributed by atoms with Gasteiger partial charge in [0.15, 0.2) is 0 Å². The van der Waals surface area contributed by atoms with Crippen molar-refractivity contribution in [2.45, 2.75) is 36.4 Å². The van der Waals surface area contributed by atoms with E-state index >= 15 is 0 Å². The molecule has 3 aliphatic rings. The van der Waals surface area contributed by atoms with E-state index in [9.17, 15) is 4.79 Å². The predicted octanol–water partition coefficient (Wildman–Crippen LogP) is 5.68. The molecule has 0 spiro atoms. The first-order chi connectivity index (χ1) is 14.6. The second-order valence-corrected chi connectivity index (χ2v) is 11.9. The first-order valence-corrected chi connectivity index (χ1v) is 12.6. The summed E-state index contributed by atoms with van der Waals surface area (Å²) >= 11 is 4.14. The van der Waals surface area contributed by atoms with E-state index in [1.165, 1.54) is 11.5 Å². The maximum Gasteiger partial charge on any atom is 0.310 e. The number of fused-ring (bicyclic) bond motifs is 2. The fourth-order valence-corrected chi connectivity index (χ4v) is 8.82. The number of benzene rings is 2. The van der Waals surface area contributed by atoms with Crippen LogP contribution in [0.2, 0.25) is 0 Å². The van der Waals surface area contributed by atoms with Crippen LogP contribution in [0.1, 0.15) is 37.9 Å². The second kappa shape index (κ2) is 7.86. The topological polar surface area (TPSA) is 44.8 Å². The fourth-order valence-electron chi connectivity index (χ4n) is 5.61. The number of rotatable bonds is 4. The number of hydrogen-bond donors (Lipinski definition) is 0. The quantitative estimate of drug-likeness (QED) is 0.565. The Morgan fingerprint density at radius 1 is 1.07 bits per heavy atom. The molecule has 1 aliphatic carbocycles. The van der Waals surface area contributed by atoms with Crippen LogP contribution < -0.4 is 9.47 Å². The Balaban J connectivity index is 1.50. The van der Waals surface area contributed by atoms with Gasteiger partial charge in [0.05, 0.1) is 24.2 Å². The van der Waals surface area contributed by atoms with Crippen LogP contribution in [-0.4, -0.2) is 35.8 Å². The van der Waals surface area contributed by atoms with Crippen molar-refractivity contribution in [2.24, 2.45) is 17.8 Å². The summed E-state index contributed by atoms with van der Waals surface area (Å²) in [5.41, 5.74) is 0.933. The highest BCUT2D eigenvalue weighted by Crippen LogP contribution is 2.58. The smallest absolute Gasteiger partial charge is 0.310 e. The van der Waals surface area contributed by atoms with Gasteiger partial charge in [0.1, 0.15) is 17.6 Å². The third-order valence-electron chi connectivity index (χ3n) is 7.16. The third-order valence-corrected chi connectivity index (χ3v) is 10.8. The molecule has 0 bridgehead atoms. The van der Waals surface area contributed by atoms with E-state index in [0.29, 0.717) is 5.92 Å². The Hall–Kier alpha value is -1.53. The minimum atomic E-state index is -0.270. The molecule has 0 aromatic heterocycles. The number of carbonyl (C=O) groups excluding carboxylic acids is 1. The molecule has 2 saturated heterocycles. The van der Waals surface area contributed by atoms with Gasteiger partial charge in [0.25, 0.3) is 0 Å². The number of esters is 1. The van der Waals surface area contributed by atoms with Gasteiger partial charge in [-0.2, -0.15) is 0 Å². The van der Waals surface area contributed by atoms with Crippen molar-refractivity contribution in [2.75, 3.05) is 25.7 Å². The van der Waals surface area contributed by atoms with Gasteiger partial charge in [0.2, 0.25) is 0 Å². The number of cyclic esters (lactones) is 1. The number of hydrogen-bond acceptors (Lipinski definition) is 6. The summed E-state index contributed by atoms with van der Waals surface area (Å²) < 4.78 is 17.8. The lowest BCUT2D eigenvalue weighted by Gasteiger charge is -2.39. The lowest BCUT2D eigenvalue weighted by atomic mass is 9.71. The monoisotopic (exact) mass is 444 g/mol. The van der Waals surface area contributed by atoms with Gasteiger partial charge in [-0.15, -0.1) is 23.5 Å². The van der Waals surface area contributed by atoms with Crippen molar-refractivity contribution in [1.82, 2.24) is 0 Å². The molecule has 2 aromatic carbocycles. The van der Waals surface area contributed by atoms with E-state index < -0.39 is 0 Å². The Morgan fingerprint density at radius 2 is 1.80 bits per heavy atom. The number of thioether (sulfide) groups is 2. The van der Waals surface area contributed by atoms with Crippen LogP contribution in [0.25, 0.3) is 10.8 Å². The maximum atomic E-state index is 13.0. The van der Waals surface area contributed by atoms with E-state index in [0.717, 1.165) is 47.1 Å². The van der Waals surface area contributed by atoms with Crippen molar-refractivity contribution in [3.05, 3.63) is 35.9 Å².